The van der Waals surface area contributed by atoms with Crippen molar-refractivity contribution in [3.8, 4) is 5.75 Å². The van der Waals surface area contributed by atoms with E-state index in [1.54, 1.807) is 67.6 Å². The van der Waals surface area contributed by atoms with Crippen LogP contribution in [0.1, 0.15) is 28.4 Å². The SMILES string of the molecule is CC1=NN(C(=O)c2ccccc2)C(=O)/C1=C/c1cc(Br)ccc1OCc1cccc(F)c1. The first kappa shape index (κ1) is 21.6. The largest absolute Gasteiger partial charge is 0.488 e. The highest BCUT2D eigenvalue weighted by molar-refractivity contribution is 9.10. The molecule has 160 valence electrons. The van der Waals surface area contributed by atoms with E-state index in [2.05, 4.69) is 21.0 Å². The summed E-state index contributed by atoms with van der Waals surface area (Å²) in [5.74, 6) is -0.822. The highest BCUT2D eigenvalue weighted by atomic mass is 79.9. The first-order chi connectivity index (χ1) is 15.4. The van der Waals surface area contributed by atoms with Gasteiger partial charge < -0.3 is 4.74 Å². The molecule has 0 aromatic heterocycles. The van der Waals surface area contributed by atoms with Crippen LogP contribution in [-0.4, -0.2) is 22.5 Å². The number of hydrazone groups is 1. The summed E-state index contributed by atoms with van der Waals surface area (Å²) in [5, 5.41) is 5.04. The van der Waals surface area contributed by atoms with Crippen LogP contribution in [0.3, 0.4) is 0 Å². The Bertz CT molecular complexity index is 1260. The van der Waals surface area contributed by atoms with Gasteiger partial charge in [-0.3, -0.25) is 9.59 Å². The third-order valence-corrected chi connectivity index (χ3v) is 5.32. The highest BCUT2D eigenvalue weighted by Crippen LogP contribution is 2.29. The molecular weight excluding hydrogens is 475 g/mol. The molecule has 0 aliphatic carbocycles. The Hall–Kier alpha value is -3.58. The summed E-state index contributed by atoms with van der Waals surface area (Å²) in [6, 6.07) is 20.0. The molecule has 0 fully saturated rings. The van der Waals surface area contributed by atoms with Gasteiger partial charge in [0.05, 0.1) is 11.3 Å². The normalized spacial score (nSPS) is 14.6. The summed E-state index contributed by atoms with van der Waals surface area (Å²) in [4.78, 5) is 25.7. The number of ether oxygens (including phenoxy) is 1. The number of carbonyl (C=O) groups is 2. The van der Waals surface area contributed by atoms with Gasteiger partial charge in [-0.15, -0.1) is 0 Å². The standard InChI is InChI=1S/C25H18BrFN2O3/c1-16-22(25(31)29(28-16)24(30)18-7-3-2-4-8-18)14-19-13-20(26)10-11-23(19)32-15-17-6-5-9-21(27)12-17/h2-14H,15H2,1H3/b22-14+. The molecule has 1 heterocycles. The van der Waals surface area contributed by atoms with Crippen molar-refractivity contribution in [3.63, 3.8) is 0 Å². The van der Waals surface area contributed by atoms with Crippen molar-refractivity contribution in [1.82, 2.24) is 5.01 Å². The minimum absolute atomic E-state index is 0.162. The number of imide groups is 1. The van der Waals surface area contributed by atoms with Crippen molar-refractivity contribution in [1.29, 1.82) is 0 Å². The lowest BCUT2D eigenvalue weighted by Gasteiger charge is -2.12. The average molecular weight is 493 g/mol. The van der Waals surface area contributed by atoms with Gasteiger partial charge in [-0.05, 0) is 61.0 Å². The summed E-state index contributed by atoms with van der Waals surface area (Å²) in [6.45, 7) is 1.84. The van der Waals surface area contributed by atoms with Crippen LogP contribution >= 0.6 is 15.9 Å². The third-order valence-electron chi connectivity index (χ3n) is 4.83. The molecule has 0 saturated carbocycles. The van der Waals surface area contributed by atoms with E-state index in [1.807, 2.05) is 6.07 Å². The third kappa shape index (κ3) is 4.68. The number of rotatable bonds is 5. The van der Waals surface area contributed by atoms with Gasteiger partial charge in [0.15, 0.2) is 0 Å². The van der Waals surface area contributed by atoms with Gasteiger partial charge in [0.1, 0.15) is 18.2 Å². The minimum Gasteiger partial charge on any atom is -0.488 e. The number of hydrogen-bond donors (Lipinski definition) is 0. The molecule has 5 nitrogen and oxygen atoms in total. The summed E-state index contributed by atoms with van der Waals surface area (Å²) in [7, 11) is 0. The van der Waals surface area contributed by atoms with Crippen LogP contribution in [-0.2, 0) is 11.4 Å². The lowest BCUT2D eigenvalue weighted by molar-refractivity contribution is -0.123. The molecule has 0 bridgehead atoms. The first-order valence-electron chi connectivity index (χ1n) is 9.80. The van der Waals surface area contributed by atoms with Gasteiger partial charge >= 0.3 is 0 Å². The fraction of sp³-hybridized carbons (Fsp3) is 0.0800. The second-order valence-corrected chi connectivity index (χ2v) is 8.05. The predicted molar refractivity (Wildman–Crippen MR) is 124 cm³/mol. The van der Waals surface area contributed by atoms with E-state index in [9.17, 15) is 14.0 Å². The van der Waals surface area contributed by atoms with Crippen LogP contribution in [0.15, 0.2) is 87.9 Å². The topological polar surface area (TPSA) is 59.0 Å². The lowest BCUT2D eigenvalue weighted by atomic mass is 10.1. The second-order valence-electron chi connectivity index (χ2n) is 7.13. The lowest BCUT2D eigenvalue weighted by Crippen LogP contribution is -2.29. The number of halogens is 2. The maximum atomic E-state index is 13.5. The summed E-state index contributed by atoms with van der Waals surface area (Å²) in [5.41, 5.74) is 2.40. The number of carbonyl (C=O) groups excluding carboxylic acids is 2. The van der Waals surface area contributed by atoms with Crippen molar-refractivity contribution in [2.75, 3.05) is 0 Å². The Morgan fingerprint density at radius 3 is 2.62 bits per heavy atom. The molecule has 0 N–H and O–H groups in total. The van der Waals surface area contributed by atoms with Crippen LogP contribution < -0.4 is 4.74 Å². The van der Waals surface area contributed by atoms with Crippen molar-refractivity contribution >= 4 is 39.5 Å². The van der Waals surface area contributed by atoms with Crippen molar-refractivity contribution < 1.29 is 18.7 Å². The molecule has 7 heteroatoms. The van der Waals surface area contributed by atoms with Crippen LogP contribution in [0.25, 0.3) is 6.08 Å². The number of nitrogens with zero attached hydrogens (tertiary/aromatic N) is 2. The van der Waals surface area contributed by atoms with Crippen LogP contribution in [0.5, 0.6) is 5.75 Å². The van der Waals surface area contributed by atoms with E-state index in [0.29, 0.717) is 33.7 Å². The van der Waals surface area contributed by atoms with Gasteiger partial charge in [0.25, 0.3) is 11.8 Å². The number of amides is 2. The van der Waals surface area contributed by atoms with E-state index in [0.717, 1.165) is 9.48 Å². The summed E-state index contributed by atoms with van der Waals surface area (Å²) < 4.78 is 20.1. The zero-order valence-electron chi connectivity index (χ0n) is 17.1. The molecule has 0 spiro atoms. The van der Waals surface area contributed by atoms with Crippen LogP contribution in [0, 0.1) is 5.82 Å². The van der Waals surface area contributed by atoms with Crippen molar-refractivity contribution in [3.05, 3.63) is 105 Å². The average Bonchev–Trinajstić information content (AvgIpc) is 3.07. The molecule has 0 atom stereocenters. The van der Waals surface area contributed by atoms with E-state index in [1.165, 1.54) is 12.1 Å². The van der Waals surface area contributed by atoms with E-state index in [-0.39, 0.29) is 12.4 Å². The number of hydrogen-bond acceptors (Lipinski definition) is 4. The number of benzene rings is 3. The Balaban J connectivity index is 1.60. The predicted octanol–water partition coefficient (Wildman–Crippen LogP) is 5.61. The van der Waals surface area contributed by atoms with Crippen molar-refractivity contribution in [2.24, 2.45) is 5.10 Å². The molecule has 0 radical (unpaired) electrons. The molecule has 32 heavy (non-hydrogen) atoms. The van der Waals surface area contributed by atoms with Gasteiger partial charge in [0, 0.05) is 15.6 Å². The summed E-state index contributed by atoms with van der Waals surface area (Å²) >= 11 is 3.43. The fourth-order valence-corrected chi connectivity index (χ4v) is 3.61. The maximum absolute atomic E-state index is 13.5. The highest BCUT2D eigenvalue weighted by Gasteiger charge is 2.33. The van der Waals surface area contributed by atoms with Crippen LogP contribution in [0.4, 0.5) is 4.39 Å². The van der Waals surface area contributed by atoms with Gasteiger partial charge in [-0.2, -0.15) is 10.1 Å². The maximum Gasteiger partial charge on any atom is 0.283 e. The minimum atomic E-state index is -0.507. The van der Waals surface area contributed by atoms with Crippen LogP contribution in [0.2, 0.25) is 0 Å². The fourth-order valence-electron chi connectivity index (χ4n) is 3.23. The quantitative estimate of drug-likeness (QED) is 0.343. The smallest absolute Gasteiger partial charge is 0.283 e. The Morgan fingerprint density at radius 2 is 1.88 bits per heavy atom. The van der Waals surface area contributed by atoms with Gasteiger partial charge in [0.2, 0.25) is 0 Å². The molecule has 2 amide bonds. The molecular formula is C25H18BrFN2O3. The first-order valence-corrected chi connectivity index (χ1v) is 10.6. The summed E-state index contributed by atoms with van der Waals surface area (Å²) in [6.07, 6.45) is 1.64. The Kier molecular flexibility index (Phi) is 6.28. The molecule has 0 unspecified atom stereocenters. The molecule has 1 aliphatic heterocycles. The second kappa shape index (κ2) is 9.28. The van der Waals surface area contributed by atoms with E-state index < -0.39 is 11.8 Å². The zero-order chi connectivity index (χ0) is 22.7. The Morgan fingerprint density at radius 1 is 1.09 bits per heavy atom. The van der Waals surface area contributed by atoms with Gasteiger partial charge in [-0.1, -0.05) is 46.3 Å². The molecule has 0 saturated heterocycles. The van der Waals surface area contributed by atoms with E-state index >= 15 is 0 Å². The van der Waals surface area contributed by atoms with Crippen molar-refractivity contribution in [2.45, 2.75) is 13.5 Å². The van der Waals surface area contributed by atoms with E-state index in [4.69, 9.17) is 4.74 Å². The monoisotopic (exact) mass is 492 g/mol. The zero-order valence-corrected chi connectivity index (χ0v) is 18.7. The molecule has 3 aromatic carbocycles. The Labute approximate surface area is 192 Å². The molecule has 4 rings (SSSR count). The molecule has 1 aliphatic rings. The van der Waals surface area contributed by atoms with Gasteiger partial charge in [-0.25, -0.2) is 4.39 Å². The molecule has 3 aromatic rings.